The monoisotopic (exact) mass is 416 g/mol. The second kappa shape index (κ2) is 8.16. The summed E-state index contributed by atoms with van der Waals surface area (Å²) in [6.07, 6.45) is 3.35. The summed E-state index contributed by atoms with van der Waals surface area (Å²) in [5.41, 5.74) is 4.18. The topological polar surface area (TPSA) is 74.6 Å². The van der Waals surface area contributed by atoms with Crippen molar-refractivity contribution < 1.29 is 9.18 Å². The summed E-state index contributed by atoms with van der Waals surface area (Å²) in [4.78, 5) is 19.6. The SMILES string of the molecule is O=C(Nc1ccc(N2CCNCC2)cc1)c1ccn2ncc(-c3ccc(F)cc3)c2n1. The number of hydrogen-bond donors (Lipinski definition) is 2. The van der Waals surface area contributed by atoms with Gasteiger partial charge in [0.1, 0.15) is 11.5 Å². The summed E-state index contributed by atoms with van der Waals surface area (Å²) < 4.78 is 14.9. The van der Waals surface area contributed by atoms with Gasteiger partial charge in [-0.15, -0.1) is 0 Å². The van der Waals surface area contributed by atoms with E-state index >= 15 is 0 Å². The number of anilines is 2. The van der Waals surface area contributed by atoms with E-state index in [2.05, 4.69) is 25.6 Å². The molecule has 7 nitrogen and oxygen atoms in total. The summed E-state index contributed by atoms with van der Waals surface area (Å²) in [6.45, 7) is 3.89. The third-order valence-corrected chi connectivity index (χ3v) is 5.36. The number of nitrogens with zero attached hydrogens (tertiary/aromatic N) is 4. The minimum Gasteiger partial charge on any atom is -0.369 e. The van der Waals surface area contributed by atoms with Crippen LogP contribution in [0.4, 0.5) is 15.8 Å². The third kappa shape index (κ3) is 3.97. The maximum absolute atomic E-state index is 13.3. The smallest absolute Gasteiger partial charge is 0.274 e. The molecule has 2 aromatic carbocycles. The zero-order valence-electron chi connectivity index (χ0n) is 16.8. The molecule has 0 aliphatic carbocycles. The fourth-order valence-electron chi connectivity index (χ4n) is 3.70. The van der Waals surface area contributed by atoms with Crippen molar-refractivity contribution in [2.75, 3.05) is 36.4 Å². The number of halogens is 1. The minimum atomic E-state index is -0.309. The second-order valence-corrected chi connectivity index (χ2v) is 7.38. The van der Waals surface area contributed by atoms with E-state index in [9.17, 15) is 9.18 Å². The van der Waals surface area contributed by atoms with Crippen LogP contribution >= 0.6 is 0 Å². The highest BCUT2D eigenvalue weighted by Crippen LogP contribution is 2.24. The van der Waals surface area contributed by atoms with Crippen molar-refractivity contribution >= 4 is 22.9 Å². The number of carbonyl (C=O) groups excluding carboxylic acids is 1. The summed E-state index contributed by atoms with van der Waals surface area (Å²) in [5.74, 6) is -0.611. The van der Waals surface area contributed by atoms with Crippen LogP contribution in [0.5, 0.6) is 0 Å². The normalized spacial score (nSPS) is 14.0. The molecule has 0 unspecified atom stereocenters. The number of fused-ring (bicyclic) bond motifs is 1. The lowest BCUT2D eigenvalue weighted by molar-refractivity contribution is 0.102. The molecular weight excluding hydrogens is 395 g/mol. The predicted octanol–water partition coefficient (Wildman–Crippen LogP) is 3.20. The quantitative estimate of drug-likeness (QED) is 0.535. The van der Waals surface area contributed by atoms with Gasteiger partial charge in [0, 0.05) is 49.3 Å². The van der Waals surface area contributed by atoms with Gasteiger partial charge in [-0.25, -0.2) is 13.9 Å². The Labute approximate surface area is 178 Å². The van der Waals surface area contributed by atoms with Crippen LogP contribution in [0.15, 0.2) is 67.0 Å². The number of carbonyl (C=O) groups is 1. The van der Waals surface area contributed by atoms with E-state index < -0.39 is 0 Å². The fourth-order valence-corrected chi connectivity index (χ4v) is 3.70. The molecule has 1 aliphatic heterocycles. The zero-order valence-corrected chi connectivity index (χ0v) is 16.8. The van der Waals surface area contributed by atoms with Gasteiger partial charge in [-0.2, -0.15) is 5.10 Å². The molecule has 1 saturated heterocycles. The molecule has 0 spiro atoms. The molecule has 31 heavy (non-hydrogen) atoms. The van der Waals surface area contributed by atoms with Gasteiger partial charge in [-0.05, 0) is 48.0 Å². The lowest BCUT2D eigenvalue weighted by Gasteiger charge is -2.29. The first-order valence-electron chi connectivity index (χ1n) is 10.1. The van der Waals surface area contributed by atoms with Gasteiger partial charge in [-0.3, -0.25) is 4.79 Å². The molecule has 0 radical (unpaired) electrons. The van der Waals surface area contributed by atoms with Crippen LogP contribution in [0.1, 0.15) is 10.5 Å². The largest absolute Gasteiger partial charge is 0.369 e. The first-order chi connectivity index (χ1) is 15.2. The third-order valence-electron chi connectivity index (χ3n) is 5.36. The number of amides is 1. The first kappa shape index (κ1) is 19.2. The van der Waals surface area contributed by atoms with Gasteiger partial charge in [0.25, 0.3) is 5.91 Å². The molecule has 2 aromatic heterocycles. The first-order valence-corrected chi connectivity index (χ1v) is 10.1. The highest BCUT2D eigenvalue weighted by molar-refractivity contribution is 6.03. The average Bonchev–Trinajstić information content (AvgIpc) is 3.24. The van der Waals surface area contributed by atoms with Crippen LogP contribution in [0.3, 0.4) is 0 Å². The molecule has 8 heteroatoms. The van der Waals surface area contributed by atoms with Crippen molar-refractivity contribution in [3.63, 3.8) is 0 Å². The van der Waals surface area contributed by atoms with Gasteiger partial charge in [0.15, 0.2) is 5.65 Å². The number of rotatable bonds is 4. The lowest BCUT2D eigenvalue weighted by Crippen LogP contribution is -2.43. The predicted molar refractivity (Wildman–Crippen MR) is 118 cm³/mol. The van der Waals surface area contributed by atoms with Crippen LogP contribution in [0.2, 0.25) is 0 Å². The van der Waals surface area contributed by atoms with Crippen molar-refractivity contribution in [1.29, 1.82) is 0 Å². The molecule has 156 valence electrons. The average molecular weight is 416 g/mol. The van der Waals surface area contributed by atoms with Gasteiger partial charge in [0.05, 0.1) is 6.20 Å². The van der Waals surface area contributed by atoms with Crippen LogP contribution in [-0.4, -0.2) is 46.7 Å². The van der Waals surface area contributed by atoms with Gasteiger partial charge >= 0.3 is 0 Å². The molecule has 2 N–H and O–H groups in total. The Morgan fingerprint density at radius 3 is 2.48 bits per heavy atom. The number of piperazine rings is 1. The van der Waals surface area contributed by atoms with Crippen LogP contribution in [0.25, 0.3) is 16.8 Å². The van der Waals surface area contributed by atoms with E-state index in [1.165, 1.54) is 12.1 Å². The number of aromatic nitrogens is 3. The Hall–Kier alpha value is -3.78. The summed E-state index contributed by atoms with van der Waals surface area (Å²) in [6, 6.07) is 15.6. The molecule has 1 fully saturated rings. The van der Waals surface area contributed by atoms with Gasteiger partial charge in [0.2, 0.25) is 0 Å². The van der Waals surface area contributed by atoms with Crippen molar-refractivity contribution in [3.8, 4) is 11.1 Å². The number of nitrogens with one attached hydrogen (secondary N) is 2. The Balaban J connectivity index is 1.36. The molecule has 5 rings (SSSR count). The molecule has 1 amide bonds. The van der Waals surface area contributed by atoms with E-state index in [1.807, 2.05) is 24.3 Å². The highest BCUT2D eigenvalue weighted by Gasteiger charge is 2.14. The molecule has 3 heterocycles. The minimum absolute atomic E-state index is 0.280. The molecule has 0 atom stereocenters. The lowest BCUT2D eigenvalue weighted by atomic mass is 10.1. The van der Waals surface area contributed by atoms with Crippen molar-refractivity contribution in [2.24, 2.45) is 0 Å². The van der Waals surface area contributed by atoms with E-state index in [4.69, 9.17) is 0 Å². The maximum Gasteiger partial charge on any atom is 0.274 e. The van der Waals surface area contributed by atoms with E-state index in [1.54, 1.807) is 35.1 Å². The Bertz CT molecular complexity index is 1210. The summed E-state index contributed by atoms with van der Waals surface area (Å²) in [5, 5.41) is 10.5. The summed E-state index contributed by atoms with van der Waals surface area (Å²) >= 11 is 0. The van der Waals surface area contributed by atoms with Gasteiger partial charge < -0.3 is 15.5 Å². The zero-order chi connectivity index (χ0) is 21.2. The number of hydrogen-bond acceptors (Lipinski definition) is 5. The molecule has 0 bridgehead atoms. The Morgan fingerprint density at radius 2 is 1.74 bits per heavy atom. The number of benzene rings is 2. The van der Waals surface area contributed by atoms with Crippen molar-refractivity contribution in [3.05, 3.63) is 78.5 Å². The molecule has 0 saturated carbocycles. The van der Waals surface area contributed by atoms with Crippen LogP contribution in [-0.2, 0) is 0 Å². The van der Waals surface area contributed by atoms with E-state index in [0.717, 1.165) is 43.0 Å². The molecule has 1 aliphatic rings. The van der Waals surface area contributed by atoms with Crippen molar-refractivity contribution in [2.45, 2.75) is 0 Å². The molecular formula is C23H21FN6O. The molecule has 4 aromatic rings. The van der Waals surface area contributed by atoms with Crippen LogP contribution < -0.4 is 15.5 Å². The van der Waals surface area contributed by atoms with E-state index in [0.29, 0.717) is 11.3 Å². The van der Waals surface area contributed by atoms with E-state index in [-0.39, 0.29) is 17.4 Å². The van der Waals surface area contributed by atoms with Crippen molar-refractivity contribution in [1.82, 2.24) is 19.9 Å². The Kier molecular flexibility index (Phi) is 5.05. The van der Waals surface area contributed by atoms with Gasteiger partial charge in [-0.1, -0.05) is 12.1 Å². The second-order valence-electron chi connectivity index (χ2n) is 7.38. The standard InChI is InChI=1S/C23H21FN6O/c24-17-3-1-16(2-4-17)20-15-26-30-12-9-21(28-22(20)30)23(31)27-18-5-7-19(8-6-18)29-13-10-25-11-14-29/h1-9,12,15,25H,10-11,13-14H2,(H,27,31). The maximum atomic E-state index is 13.3. The summed E-state index contributed by atoms with van der Waals surface area (Å²) in [7, 11) is 0. The Morgan fingerprint density at radius 1 is 1.00 bits per heavy atom. The highest BCUT2D eigenvalue weighted by atomic mass is 19.1. The fraction of sp³-hybridized carbons (Fsp3) is 0.174. The van der Waals surface area contributed by atoms with Crippen LogP contribution in [0, 0.1) is 5.82 Å².